The van der Waals surface area contributed by atoms with Crippen molar-refractivity contribution in [2.24, 2.45) is 0 Å². The molecule has 1 N–H and O–H groups in total. The van der Waals surface area contributed by atoms with Crippen LogP contribution in [0.25, 0.3) is 0 Å². The first-order valence-electron chi connectivity index (χ1n) is 6.51. The van der Waals surface area contributed by atoms with Crippen LogP contribution in [0.5, 0.6) is 11.6 Å². The van der Waals surface area contributed by atoms with Gasteiger partial charge in [0.25, 0.3) is 0 Å². The highest BCUT2D eigenvalue weighted by atomic mass is 35.5. The summed E-state index contributed by atoms with van der Waals surface area (Å²) in [6.07, 6.45) is 3.47. The molecule has 2 aromatic rings. The maximum atomic E-state index is 6.13. The predicted octanol–water partition coefficient (Wildman–Crippen LogP) is 4.71. The van der Waals surface area contributed by atoms with Crippen LogP contribution in [0.4, 0.5) is 5.82 Å². The number of rotatable bonds is 3. The lowest BCUT2D eigenvalue weighted by Gasteiger charge is -2.11. The summed E-state index contributed by atoms with van der Waals surface area (Å²) >= 11 is 12.1. The van der Waals surface area contributed by atoms with Crippen molar-refractivity contribution >= 4 is 29.0 Å². The number of pyridine rings is 1. The zero-order chi connectivity index (χ0) is 14.1. The standard InChI is InChI=1S/C15H14Cl2N2O/c1-18-14-12(16)8-13(17)15(19-14)20-11-6-5-9-3-2-4-10(9)7-11/h5-8H,2-4H2,1H3,(H,18,19). The number of nitrogens with one attached hydrogen (secondary N) is 1. The smallest absolute Gasteiger partial charge is 0.240 e. The van der Waals surface area contributed by atoms with Crippen molar-refractivity contribution in [1.29, 1.82) is 0 Å². The van der Waals surface area contributed by atoms with Gasteiger partial charge in [0, 0.05) is 7.05 Å². The molecule has 1 heterocycles. The number of hydrogen-bond donors (Lipinski definition) is 1. The lowest BCUT2D eigenvalue weighted by molar-refractivity contribution is 0.463. The Kier molecular flexibility index (Phi) is 3.72. The summed E-state index contributed by atoms with van der Waals surface area (Å²) in [7, 11) is 1.75. The molecule has 3 rings (SSSR count). The molecule has 1 aliphatic rings. The van der Waals surface area contributed by atoms with E-state index in [1.54, 1.807) is 13.1 Å². The number of ether oxygens (including phenoxy) is 1. The molecule has 0 saturated carbocycles. The van der Waals surface area contributed by atoms with Crippen LogP contribution in [0.15, 0.2) is 24.3 Å². The molecule has 0 amide bonds. The Hall–Kier alpha value is -1.45. The molecular weight excluding hydrogens is 295 g/mol. The summed E-state index contributed by atoms with van der Waals surface area (Å²) in [5.41, 5.74) is 2.75. The van der Waals surface area contributed by atoms with Crippen molar-refractivity contribution in [2.45, 2.75) is 19.3 Å². The summed E-state index contributed by atoms with van der Waals surface area (Å²) in [4.78, 5) is 4.28. The number of nitrogens with zero attached hydrogens (tertiary/aromatic N) is 1. The highest BCUT2D eigenvalue weighted by Gasteiger charge is 2.14. The Balaban J connectivity index is 1.91. The van der Waals surface area contributed by atoms with E-state index in [4.69, 9.17) is 27.9 Å². The van der Waals surface area contributed by atoms with Crippen LogP contribution in [0.2, 0.25) is 10.0 Å². The molecule has 0 spiro atoms. The fraction of sp³-hybridized carbons (Fsp3) is 0.267. The van der Waals surface area contributed by atoms with Gasteiger partial charge < -0.3 is 10.1 Å². The highest BCUT2D eigenvalue weighted by Crippen LogP contribution is 2.34. The highest BCUT2D eigenvalue weighted by molar-refractivity contribution is 6.36. The van der Waals surface area contributed by atoms with Crippen LogP contribution in [0, 0.1) is 0 Å². The molecule has 1 aromatic carbocycles. The molecule has 0 aliphatic heterocycles. The van der Waals surface area contributed by atoms with Crippen LogP contribution < -0.4 is 10.1 Å². The van der Waals surface area contributed by atoms with Crippen LogP contribution in [-0.4, -0.2) is 12.0 Å². The molecule has 0 bridgehead atoms. The minimum atomic E-state index is 0.360. The first-order chi connectivity index (χ1) is 9.67. The molecule has 0 saturated heterocycles. The maximum absolute atomic E-state index is 6.13. The van der Waals surface area contributed by atoms with E-state index >= 15 is 0 Å². The number of anilines is 1. The van der Waals surface area contributed by atoms with Crippen molar-refractivity contribution in [3.8, 4) is 11.6 Å². The lowest BCUT2D eigenvalue weighted by atomic mass is 10.1. The first-order valence-corrected chi connectivity index (χ1v) is 7.26. The maximum Gasteiger partial charge on any atom is 0.240 e. The van der Waals surface area contributed by atoms with Crippen LogP contribution >= 0.6 is 23.2 Å². The van der Waals surface area contributed by atoms with Gasteiger partial charge in [-0.1, -0.05) is 29.3 Å². The minimum Gasteiger partial charge on any atom is -0.437 e. The molecule has 104 valence electrons. The average Bonchev–Trinajstić information content (AvgIpc) is 2.89. The SMILES string of the molecule is CNc1nc(Oc2ccc3c(c2)CCC3)c(Cl)cc1Cl. The summed E-state index contributed by atoms with van der Waals surface area (Å²) in [6, 6.07) is 7.76. The largest absolute Gasteiger partial charge is 0.437 e. The topological polar surface area (TPSA) is 34.2 Å². The van der Waals surface area contributed by atoms with Gasteiger partial charge in [-0.25, -0.2) is 0 Å². The van der Waals surface area contributed by atoms with E-state index in [0.717, 1.165) is 18.6 Å². The lowest BCUT2D eigenvalue weighted by Crippen LogP contribution is -1.97. The molecule has 0 radical (unpaired) electrons. The molecular formula is C15H14Cl2N2O. The van der Waals surface area contributed by atoms with E-state index in [-0.39, 0.29) is 0 Å². The van der Waals surface area contributed by atoms with Gasteiger partial charge in [-0.05, 0) is 48.6 Å². The third kappa shape index (κ3) is 2.56. The number of halogens is 2. The molecule has 0 unspecified atom stereocenters. The van der Waals surface area contributed by atoms with E-state index in [9.17, 15) is 0 Å². The van der Waals surface area contributed by atoms with E-state index in [0.29, 0.717) is 21.7 Å². The second-order valence-electron chi connectivity index (χ2n) is 4.74. The van der Waals surface area contributed by atoms with Gasteiger partial charge >= 0.3 is 0 Å². The number of benzene rings is 1. The van der Waals surface area contributed by atoms with Crippen LogP contribution in [0.1, 0.15) is 17.5 Å². The van der Waals surface area contributed by atoms with Crippen molar-refractivity contribution in [3.63, 3.8) is 0 Å². The zero-order valence-corrected chi connectivity index (χ0v) is 12.6. The fourth-order valence-electron chi connectivity index (χ4n) is 2.42. The Bertz CT molecular complexity index is 659. The van der Waals surface area contributed by atoms with E-state index in [1.807, 2.05) is 6.07 Å². The van der Waals surface area contributed by atoms with Crippen molar-refractivity contribution in [3.05, 3.63) is 45.4 Å². The third-order valence-corrected chi connectivity index (χ3v) is 3.98. The minimum absolute atomic E-state index is 0.360. The Morgan fingerprint density at radius 3 is 2.70 bits per heavy atom. The van der Waals surface area contributed by atoms with Crippen LogP contribution in [0.3, 0.4) is 0 Å². The molecule has 5 heteroatoms. The van der Waals surface area contributed by atoms with Gasteiger partial charge in [0.2, 0.25) is 5.88 Å². The van der Waals surface area contributed by atoms with Crippen molar-refractivity contribution < 1.29 is 4.74 Å². The number of fused-ring (bicyclic) bond motifs is 1. The van der Waals surface area contributed by atoms with E-state index < -0.39 is 0 Å². The third-order valence-electron chi connectivity index (χ3n) is 3.42. The number of aromatic nitrogens is 1. The van der Waals surface area contributed by atoms with E-state index in [2.05, 4.69) is 22.4 Å². The molecule has 20 heavy (non-hydrogen) atoms. The average molecular weight is 309 g/mol. The number of hydrogen-bond acceptors (Lipinski definition) is 3. The summed E-state index contributed by atoms with van der Waals surface area (Å²) in [5.74, 6) is 1.66. The predicted molar refractivity (Wildman–Crippen MR) is 82.3 cm³/mol. The second kappa shape index (κ2) is 5.51. The van der Waals surface area contributed by atoms with Crippen molar-refractivity contribution in [2.75, 3.05) is 12.4 Å². The normalized spacial score (nSPS) is 13.2. The molecule has 0 fully saturated rings. The van der Waals surface area contributed by atoms with E-state index in [1.165, 1.54) is 17.5 Å². The van der Waals surface area contributed by atoms with Gasteiger partial charge in [0.05, 0.1) is 5.02 Å². The summed E-state index contributed by atoms with van der Waals surface area (Å²) in [5, 5.41) is 3.78. The monoisotopic (exact) mass is 308 g/mol. The van der Waals surface area contributed by atoms with Gasteiger partial charge in [-0.2, -0.15) is 4.98 Å². The van der Waals surface area contributed by atoms with Gasteiger partial charge in [-0.3, -0.25) is 0 Å². The Labute approximate surface area is 127 Å². The molecule has 1 aliphatic carbocycles. The molecule has 0 atom stereocenters. The first kappa shape index (κ1) is 13.5. The number of aryl methyl sites for hydroxylation is 2. The zero-order valence-electron chi connectivity index (χ0n) is 11.0. The van der Waals surface area contributed by atoms with Crippen LogP contribution in [-0.2, 0) is 12.8 Å². The summed E-state index contributed by atoms with van der Waals surface area (Å²) in [6.45, 7) is 0. The Morgan fingerprint density at radius 1 is 1.10 bits per heavy atom. The van der Waals surface area contributed by atoms with Crippen molar-refractivity contribution in [1.82, 2.24) is 4.98 Å². The van der Waals surface area contributed by atoms with Gasteiger partial charge in [0.15, 0.2) is 0 Å². The molecule has 1 aromatic heterocycles. The summed E-state index contributed by atoms with van der Waals surface area (Å²) < 4.78 is 5.79. The second-order valence-corrected chi connectivity index (χ2v) is 5.56. The molecule has 3 nitrogen and oxygen atoms in total. The Morgan fingerprint density at radius 2 is 1.90 bits per heavy atom. The van der Waals surface area contributed by atoms with Gasteiger partial charge in [0.1, 0.15) is 16.6 Å². The van der Waals surface area contributed by atoms with Gasteiger partial charge in [-0.15, -0.1) is 0 Å². The fourth-order valence-corrected chi connectivity index (χ4v) is 2.91. The quantitative estimate of drug-likeness (QED) is 0.891.